The van der Waals surface area contributed by atoms with Crippen molar-refractivity contribution in [1.82, 2.24) is 25.2 Å². The molecule has 56 heavy (non-hydrogen) atoms. The van der Waals surface area contributed by atoms with Gasteiger partial charge in [-0.2, -0.15) is 8.78 Å². The normalized spacial score (nSPS) is 15.7. The summed E-state index contributed by atoms with van der Waals surface area (Å²) in [7, 11) is 0. The van der Waals surface area contributed by atoms with Gasteiger partial charge in [-0.15, -0.1) is 0 Å². The molecule has 1 saturated carbocycles. The largest absolute Gasteiger partial charge is 0.420 e. The number of fused-ring (bicyclic) bond motifs is 3. The third-order valence-corrected chi connectivity index (χ3v) is 9.77. The van der Waals surface area contributed by atoms with Crippen LogP contribution in [0.1, 0.15) is 70.5 Å². The van der Waals surface area contributed by atoms with Crippen molar-refractivity contribution < 1.29 is 50.5 Å². The van der Waals surface area contributed by atoms with Gasteiger partial charge in [-0.25, -0.2) is 23.1 Å². The molecular formula is C39H47F5N6O6. The summed E-state index contributed by atoms with van der Waals surface area (Å²) in [6, 6.07) is 7.94. The first-order chi connectivity index (χ1) is 27.0. The summed E-state index contributed by atoms with van der Waals surface area (Å²) >= 11 is 0. The zero-order chi connectivity index (χ0) is 40.2. The lowest BCUT2D eigenvalue weighted by atomic mass is 9.81. The standard InChI is InChI=1S/C39H47F5N6O6/c1-2-3-10-27-49-34-35(25-8-4-5-9-26(25)48-37(34)45)50(27)18-7-6-16-46-38(52)23-11-13-24(14-12-23)39(53)47-17-20-55-22-21-54-19-15-28(51)56-36-32(43)30(41)29(40)31(42)33(36)44/h4-5,8-9,23-24H,2-3,6-7,10-22H2,1H3,(H2,45,48)(H,46,52)(H,47,53). The smallest absolute Gasteiger partial charge is 0.313 e. The van der Waals surface area contributed by atoms with Crippen LogP contribution in [0.4, 0.5) is 27.8 Å². The van der Waals surface area contributed by atoms with Crippen molar-refractivity contribution in [1.29, 1.82) is 0 Å². The number of benzene rings is 2. The van der Waals surface area contributed by atoms with Crippen LogP contribution in [0.3, 0.4) is 0 Å². The SMILES string of the molecule is CCCCc1nc2c(N)nc3ccccc3c2n1CCCCNC(=O)C1CCC(C(=O)NCCOCCOCCC(=O)Oc2c(F)c(F)c(F)c(F)c2F)CC1. The maximum atomic E-state index is 13.6. The lowest BCUT2D eigenvalue weighted by molar-refractivity contribution is -0.136. The number of hydrogen-bond acceptors (Lipinski definition) is 9. The fourth-order valence-corrected chi connectivity index (χ4v) is 6.75. The molecule has 1 aliphatic carbocycles. The summed E-state index contributed by atoms with van der Waals surface area (Å²) in [6.45, 7) is 3.78. The van der Waals surface area contributed by atoms with E-state index in [2.05, 4.69) is 31.8 Å². The Bertz CT molecular complexity index is 1980. The van der Waals surface area contributed by atoms with Crippen molar-refractivity contribution in [2.24, 2.45) is 11.8 Å². The molecule has 0 bridgehead atoms. The minimum atomic E-state index is -2.36. The molecule has 0 atom stereocenters. The minimum Gasteiger partial charge on any atom is -0.420 e. The van der Waals surface area contributed by atoms with Gasteiger partial charge in [0.2, 0.25) is 46.6 Å². The topological polar surface area (TPSA) is 160 Å². The first-order valence-electron chi connectivity index (χ1n) is 19.0. The van der Waals surface area contributed by atoms with Gasteiger partial charge in [0.25, 0.3) is 0 Å². The van der Waals surface area contributed by atoms with E-state index in [1.165, 1.54) is 0 Å². The predicted octanol–water partition coefficient (Wildman–Crippen LogP) is 6.05. The zero-order valence-electron chi connectivity index (χ0n) is 31.2. The van der Waals surface area contributed by atoms with Crippen LogP contribution in [-0.2, 0) is 36.8 Å². The highest BCUT2D eigenvalue weighted by Gasteiger charge is 2.30. The third kappa shape index (κ3) is 10.5. The fourth-order valence-electron chi connectivity index (χ4n) is 6.75. The van der Waals surface area contributed by atoms with E-state index in [9.17, 15) is 36.3 Å². The Morgan fingerprint density at radius 1 is 0.786 bits per heavy atom. The quantitative estimate of drug-likeness (QED) is 0.0242. The molecule has 0 aliphatic heterocycles. The van der Waals surface area contributed by atoms with Gasteiger partial charge in [0.1, 0.15) is 11.3 Å². The molecule has 0 spiro atoms. The van der Waals surface area contributed by atoms with E-state index in [1.807, 2.05) is 24.3 Å². The van der Waals surface area contributed by atoms with Crippen molar-refractivity contribution in [2.75, 3.05) is 45.3 Å². The zero-order valence-corrected chi connectivity index (χ0v) is 31.2. The van der Waals surface area contributed by atoms with E-state index >= 15 is 0 Å². The lowest BCUT2D eigenvalue weighted by Gasteiger charge is -2.27. The van der Waals surface area contributed by atoms with Crippen LogP contribution in [-0.4, -0.2) is 71.8 Å². The summed E-state index contributed by atoms with van der Waals surface area (Å²) < 4.78 is 84.0. The average molecular weight is 791 g/mol. The van der Waals surface area contributed by atoms with Crippen molar-refractivity contribution >= 4 is 45.5 Å². The number of anilines is 1. The number of aromatic nitrogens is 3. The first-order valence-corrected chi connectivity index (χ1v) is 19.0. The number of pyridine rings is 1. The van der Waals surface area contributed by atoms with Crippen LogP contribution in [0.2, 0.25) is 0 Å². The Hall–Kier alpha value is -4.90. The second-order valence-corrected chi connectivity index (χ2v) is 13.7. The molecule has 2 amide bonds. The molecule has 2 heterocycles. The van der Waals surface area contributed by atoms with E-state index < -0.39 is 47.2 Å². The highest BCUT2D eigenvalue weighted by atomic mass is 19.2. The number of esters is 1. The maximum absolute atomic E-state index is 13.6. The number of nitrogens with one attached hydrogen (secondary N) is 2. The number of para-hydroxylation sites is 1. The summed E-state index contributed by atoms with van der Waals surface area (Å²) in [5.74, 6) is -13.2. The molecule has 2 aromatic carbocycles. The summed E-state index contributed by atoms with van der Waals surface area (Å²) in [4.78, 5) is 46.8. The van der Waals surface area contributed by atoms with E-state index in [1.54, 1.807) is 0 Å². The molecule has 12 nitrogen and oxygen atoms in total. The van der Waals surface area contributed by atoms with Gasteiger partial charge in [-0.1, -0.05) is 31.5 Å². The summed E-state index contributed by atoms with van der Waals surface area (Å²) in [5, 5.41) is 6.94. The molecule has 0 unspecified atom stereocenters. The number of nitrogens with two attached hydrogens (primary N) is 1. The molecule has 1 fully saturated rings. The molecule has 1 aliphatic rings. The van der Waals surface area contributed by atoms with Crippen LogP contribution in [0, 0.1) is 40.9 Å². The van der Waals surface area contributed by atoms with E-state index in [0.29, 0.717) is 38.0 Å². The molecular weight excluding hydrogens is 743 g/mol. The number of carbonyl (C=O) groups is 3. The number of amides is 2. The fraction of sp³-hybridized carbons (Fsp3) is 0.513. The lowest BCUT2D eigenvalue weighted by Crippen LogP contribution is -2.38. The Morgan fingerprint density at radius 2 is 1.39 bits per heavy atom. The van der Waals surface area contributed by atoms with Crippen molar-refractivity contribution in [2.45, 2.75) is 77.7 Å². The van der Waals surface area contributed by atoms with Gasteiger partial charge < -0.3 is 35.1 Å². The number of imidazole rings is 1. The Labute approximate surface area is 320 Å². The number of nitrogen functional groups attached to an aromatic ring is 1. The second-order valence-electron chi connectivity index (χ2n) is 13.7. The first kappa shape index (κ1) is 42.2. The van der Waals surface area contributed by atoms with Gasteiger partial charge in [-0.05, 0) is 51.0 Å². The summed E-state index contributed by atoms with van der Waals surface area (Å²) in [5.41, 5.74) is 8.89. The molecule has 2 aromatic heterocycles. The monoisotopic (exact) mass is 790 g/mol. The van der Waals surface area contributed by atoms with Crippen molar-refractivity contribution in [3.8, 4) is 5.75 Å². The second kappa shape index (κ2) is 20.3. The van der Waals surface area contributed by atoms with E-state index in [4.69, 9.17) is 20.2 Å². The highest BCUT2D eigenvalue weighted by Crippen LogP contribution is 2.32. The van der Waals surface area contributed by atoms with Gasteiger partial charge in [-0.3, -0.25) is 14.4 Å². The number of nitrogens with zero attached hydrogens (tertiary/aromatic N) is 3. The van der Waals surface area contributed by atoms with Crippen LogP contribution >= 0.6 is 0 Å². The molecule has 5 rings (SSSR count). The van der Waals surface area contributed by atoms with Crippen LogP contribution in [0.5, 0.6) is 5.75 Å². The third-order valence-electron chi connectivity index (χ3n) is 9.77. The number of carbonyl (C=O) groups excluding carboxylic acids is 3. The van der Waals surface area contributed by atoms with Gasteiger partial charge in [0, 0.05) is 43.3 Å². The Kier molecular flexibility index (Phi) is 15.3. The van der Waals surface area contributed by atoms with E-state index in [-0.39, 0.29) is 56.6 Å². The number of halogens is 5. The number of hydrogen-bond donors (Lipinski definition) is 3. The molecule has 304 valence electrons. The van der Waals surface area contributed by atoms with Crippen LogP contribution in [0.25, 0.3) is 21.9 Å². The summed E-state index contributed by atoms with van der Waals surface area (Å²) in [6.07, 6.45) is 6.50. The van der Waals surface area contributed by atoms with Crippen LogP contribution < -0.4 is 21.1 Å². The Morgan fingerprint density at radius 3 is 2.05 bits per heavy atom. The minimum absolute atomic E-state index is 0.0133. The molecule has 17 heteroatoms. The predicted molar refractivity (Wildman–Crippen MR) is 197 cm³/mol. The molecule has 0 saturated heterocycles. The number of aryl methyl sites for hydroxylation is 2. The van der Waals surface area contributed by atoms with Crippen LogP contribution in [0.15, 0.2) is 24.3 Å². The van der Waals surface area contributed by atoms with Gasteiger partial charge >= 0.3 is 5.97 Å². The number of rotatable bonds is 20. The molecule has 4 aromatic rings. The number of unbranched alkanes of at least 4 members (excludes halogenated alkanes) is 2. The molecule has 4 N–H and O–H groups in total. The van der Waals surface area contributed by atoms with E-state index in [0.717, 1.165) is 66.4 Å². The van der Waals surface area contributed by atoms with Gasteiger partial charge in [0.15, 0.2) is 5.82 Å². The highest BCUT2D eigenvalue weighted by molar-refractivity contribution is 6.06. The van der Waals surface area contributed by atoms with Gasteiger partial charge in [0.05, 0.1) is 43.9 Å². The maximum Gasteiger partial charge on any atom is 0.313 e. The average Bonchev–Trinajstić information content (AvgIpc) is 3.58. The van der Waals surface area contributed by atoms with Crippen molar-refractivity contribution in [3.63, 3.8) is 0 Å². The number of ether oxygens (including phenoxy) is 3. The molecule has 0 radical (unpaired) electrons. The van der Waals surface area contributed by atoms with Crippen molar-refractivity contribution in [3.05, 3.63) is 59.2 Å². The Balaban J connectivity index is 0.920.